The van der Waals surface area contributed by atoms with E-state index in [1.165, 1.54) is 6.20 Å². The van der Waals surface area contributed by atoms with Gasteiger partial charge in [-0.25, -0.2) is 4.79 Å². The molecule has 0 fully saturated rings. The molecule has 0 aliphatic carbocycles. The van der Waals surface area contributed by atoms with Crippen molar-refractivity contribution >= 4 is 22.6 Å². The van der Waals surface area contributed by atoms with Crippen LogP contribution in [0.1, 0.15) is 21.5 Å². The number of nitrogen functional groups attached to an aromatic ring is 1. The highest BCUT2D eigenvalue weighted by atomic mass is 16.4. The number of hydrogen-bond acceptors (Lipinski definition) is 3. The second kappa shape index (κ2) is 3.48. The van der Waals surface area contributed by atoms with Crippen molar-refractivity contribution in [2.45, 2.75) is 13.8 Å². The predicted octanol–water partition coefficient (Wildman–Crippen LogP) is 2.13. The summed E-state index contributed by atoms with van der Waals surface area (Å²) < 4.78 is 0. The van der Waals surface area contributed by atoms with E-state index in [1.54, 1.807) is 0 Å². The Labute approximate surface area is 92.7 Å². The van der Waals surface area contributed by atoms with Crippen LogP contribution in [0.4, 0.5) is 5.69 Å². The lowest BCUT2D eigenvalue weighted by molar-refractivity contribution is 0.0698. The molecule has 82 valence electrons. The van der Waals surface area contributed by atoms with Gasteiger partial charge in [-0.1, -0.05) is 12.1 Å². The predicted molar refractivity (Wildman–Crippen MR) is 62.6 cm³/mol. The van der Waals surface area contributed by atoms with Crippen LogP contribution < -0.4 is 5.73 Å². The van der Waals surface area contributed by atoms with Crippen molar-refractivity contribution in [1.82, 2.24) is 4.98 Å². The number of nitrogens with zero attached hydrogens (tertiary/aromatic N) is 1. The number of carbonyl (C=O) groups is 1. The number of anilines is 1. The Morgan fingerprint density at radius 2 is 2.06 bits per heavy atom. The Kier molecular flexibility index (Phi) is 2.27. The van der Waals surface area contributed by atoms with Crippen LogP contribution >= 0.6 is 0 Å². The molecule has 1 heterocycles. The minimum absolute atomic E-state index is 0.0516. The number of benzene rings is 1. The molecule has 0 aliphatic rings. The van der Waals surface area contributed by atoms with Gasteiger partial charge in [-0.2, -0.15) is 0 Å². The Morgan fingerprint density at radius 1 is 1.38 bits per heavy atom. The molecule has 0 saturated heterocycles. The van der Waals surface area contributed by atoms with Gasteiger partial charge in [0.1, 0.15) is 5.56 Å². The van der Waals surface area contributed by atoms with Gasteiger partial charge in [0.15, 0.2) is 0 Å². The fourth-order valence-corrected chi connectivity index (χ4v) is 1.70. The average molecular weight is 216 g/mol. The van der Waals surface area contributed by atoms with E-state index >= 15 is 0 Å². The molecule has 2 rings (SSSR count). The van der Waals surface area contributed by atoms with Crippen LogP contribution in [0.5, 0.6) is 0 Å². The Hall–Kier alpha value is -2.10. The van der Waals surface area contributed by atoms with E-state index in [0.717, 1.165) is 16.6 Å². The highest BCUT2D eigenvalue weighted by Crippen LogP contribution is 2.26. The molecule has 0 amide bonds. The van der Waals surface area contributed by atoms with Crippen molar-refractivity contribution < 1.29 is 9.90 Å². The van der Waals surface area contributed by atoms with E-state index in [0.29, 0.717) is 5.39 Å². The summed E-state index contributed by atoms with van der Waals surface area (Å²) in [5.41, 5.74) is 9.06. The minimum Gasteiger partial charge on any atom is -0.478 e. The number of fused-ring (bicyclic) bond motifs is 1. The van der Waals surface area contributed by atoms with Gasteiger partial charge in [-0.15, -0.1) is 0 Å². The third kappa shape index (κ3) is 1.39. The van der Waals surface area contributed by atoms with E-state index in [9.17, 15) is 4.79 Å². The molecule has 0 saturated carbocycles. The second-order valence-corrected chi connectivity index (χ2v) is 3.79. The summed E-state index contributed by atoms with van der Waals surface area (Å²) >= 11 is 0. The van der Waals surface area contributed by atoms with Crippen LogP contribution in [-0.2, 0) is 0 Å². The summed E-state index contributed by atoms with van der Waals surface area (Å²) in [5, 5.41) is 9.63. The van der Waals surface area contributed by atoms with Gasteiger partial charge in [-0.05, 0) is 25.0 Å². The van der Waals surface area contributed by atoms with Crippen LogP contribution in [-0.4, -0.2) is 16.1 Å². The topological polar surface area (TPSA) is 76.2 Å². The quantitative estimate of drug-likeness (QED) is 0.765. The largest absolute Gasteiger partial charge is 0.478 e. The van der Waals surface area contributed by atoms with Crippen molar-refractivity contribution in [3.8, 4) is 0 Å². The highest BCUT2D eigenvalue weighted by molar-refractivity contribution is 6.04. The normalized spacial score (nSPS) is 10.6. The molecule has 3 N–H and O–H groups in total. The lowest BCUT2D eigenvalue weighted by Gasteiger charge is -2.08. The minimum atomic E-state index is -1.05. The highest BCUT2D eigenvalue weighted by Gasteiger charge is 2.13. The van der Waals surface area contributed by atoms with Crippen LogP contribution in [0.25, 0.3) is 10.9 Å². The van der Waals surface area contributed by atoms with Crippen LogP contribution in [0.2, 0.25) is 0 Å². The Bertz CT molecular complexity index is 591. The summed E-state index contributed by atoms with van der Waals surface area (Å²) in [5.74, 6) is -1.05. The molecule has 0 spiro atoms. The third-order valence-electron chi connectivity index (χ3n) is 2.84. The number of pyridine rings is 1. The number of carboxylic acid groups (broad SMARTS) is 1. The van der Waals surface area contributed by atoms with Gasteiger partial charge in [0.05, 0.1) is 11.2 Å². The Balaban J connectivity index is 2.87. The SMILES string of the molecule is Cc1ccc2c(N)c(C(=O)O)cnc2c1C. The van der Waals surface area contributed by atoms with Gasteiger partial charge in [0, 0.05) is 11.6 Å². The first-order valence-corrected chi connectivity index (χ1v) is 4.90. The van der Waals surface area contributed by atoms with Gasteiger partial charge < -0.3 is 10.8 Å². The zero-order valence-electron chi connectivity index (χ0n) is 9.11. The molecule has 0 unspecified atom stereocenters. The number of aryl methyl sites for hydroxylation is 2. The number of carboxylic acids is 1. The lowest BCUT2D eigenvalue weighted by Crippen LogP contribution is -2.04. The number of aromatic nitrogens is 1. The molecular weight excluding hydrogens is 204 g/mol. The van der Waals surface area contributed by atoms with Crippen molar-refractivity contribution in [1.29, 1.82) is 0 Å². The monoisotopic (exact) mass is 216 g/mol. The lowest BCUT2D eigenvalue weighted by atomic mass is 10.0. The second-order valence-electron chi connectivity index (χ2n) is 3.79. The smallest absolute Gasteiger partial charge is 0.339 e. The number of rotatable bonds is 1. The standard InChI is InChI=1S/C12H12N2O2/c1-6-3-4-8-10(13)9(12(15)16)5-14-11(8)7(6)2/h3-5H,1-2H3,(H2,13,14)(H,15,16). The van der Waals surface area contributed by atoms with Gasteiger partial charge >= 0.3 is 5.97 Å². The van der Waals surface area contributed by atoms with Crippen molar-refractivity contribution in [3.05, 3.63) is 35.0 Å². The first-order chi connectivity index (χ1) is 7.52. The zero-order valence-corrected chi connectivity index (χ0v) is 9.11. The third-order valence-corrected chi connectivity index (χ3v) is 2.84. The first-order valence-electron chi connectivity index (χ1n) is 4.90. The first kappa shape index (κ1) is 10.4. The summed E-state index contributed by atoms with van der Waals surface area (Å²) in [6.45, 7) is 3.93. The molecule has 0 radical (unpaired) electrons. The van der Waals surface area contributed by atoms with Crippen molar-refractivity contribution in [3.63, 3.8) is 0 Å². The van der Waals surface area contributed by atoms with E-state index in [2.05, 4.69) is 4.98 Å². The molecule has 1 aromatic carbocycles. The van der Waals surface area contributed by atoms with E-state index < -0.39 is 5.97 Å². The van der Waals surface area contributed by atoms with Crippen LogP contribution in [0.15, 0.2) is 18.3 Å². The van der Waals surface area contributed by atoms with Crippen LogP contribution in [0, 0.1) is 13.8 Å². The number of nitrogens with two attached hydrogens (primary N) is 1. The average Bonchev–Trinajstić information content (AvgIpc) is 2.23. The molecular formula is C12H12N2O2. The molecule has 16 heavy (non-hydrogen) atoms. The molecule has 0 atom stereocenters. The van der Waals surface area contributed by atoms with Crippen LogP contribution in [0.3, 0.4) is 0 Å². The maximum Gasteiger partial charge on any atom is 0.339 e. The molecule has 0 bridgehead atoms. The van der Waals surface area contributed by atoms with Gasteiger partial charge in [0.25, 0.3) is 0 Å². The molecule has 1 aromatic heterocycles. The molecule has 4 heteroatoms. The number of hydrogen-bond donors (Lipinski definition) is 2. The van der Waals surface area contributed by atoms with Gasteiger partial charge in [0.2, 0.25) is 0 Å². The van der Waals surface area contributed by atoms with E-state index in [1.807, 2.05) is 26.0 Å². The fraction of sp³-hybridized carbons (Fsp3) is 0.167. The molecule has 0 aliphatic heterocycles. The van der Waals surface area contributed by atoms with E-state index in [4.69, 9.17) is 10.8 Å². The summed E-state index contributed by atoms with van der Waals surface area (Å²) in [4.78, 5) is 15.1. The summed E-state index contributed by atoms with van der Waals surface area (Å²) in [7, 11) is 0. The summed E-state index contributed by atoms with van der Waals surface area (Å²) in [6.07, 6.45) is 1.31. The Morgan fingerprint density at radius 3 is 2.69 bits per heavy atom. The maximum absolute atomic E-state index is 10.9. The van der Waals surface area contributed by atoms with Crippen molar-refractivity contribution in [2.75, 3.05) is 5.73 Å². The van der Waals surface area contributed by atoms with Crippen molar-refractivity contribution in [2.24, 2.45) is 0 Å². The van der Waals surface area contributed by atoms with Gasteiger partial charge in [-0.3, -0.25) is 4.98 Å². The maximum atomic E-state index is 10.9. The molecule has 2 aromatic rings. The molecule has 4 nitrogen and oxygen atoms in total. The summed E-state index contributed by atoms with van der Waals surface area (Å²) in [6, 6.07) is 3.73. The van der Waals surface area contributed by atoms with E-state index in [-0.39, 0.29) is 11.3 Å². The number of aromatic carboxylic acids is 1. The fourth-order valence-electron chi connectivity index (χ4n) is 1.70. The zero-order chi connectivity index (χ0) is 11.9.